The van der Waals surface area contributed by atoms with Crippen molar-refractivity contribution in [2.24, 2.45) is 5.92 Å². The molecule has 1 unspecified atom stereocenters. The van der Waals surface area contributed by atoms with Crippen molar-refractivity contribution in [1.29, 1.82) is 0 Å². The highest BCUT2D eigenvalue weighted by atomic mass is 16.5. The molecule has 0 aliphatic rings. The first kappa shape index (κ1) is 19.0. The van der Waals surface area contributed by atoms with Crippen LogP contribution in [0, 0.1) is 5.92 Å². The van der Waals surface area contributed by atoms with Gasteiger partial charge < -0.3 is 9.47 Å². The molecule has 2 aromatic rings. The Morgan fingerprint density at radius 2 is 1.24 bits per heavy atom. The van der Waals surface area contributed by atoms with Crippen molar-refractivity contribution in [3.8, 4) is 11.5 Å². The lowest BCUT2D eigenvalue weighted by Gasteiger charge is -2.22. The second kappa shape index (κ2) is 7.73. The maximum atomic E-state index is 11.6. The average molecular weight is 340 g/mol. The van der Waals surface area contributed by atoms with E-state index in [1.807, 2.05) is 71.0 Å². The highest BCUT2D eigenvalue weighted by Gasteiger charge is 2.14. The summed E-state index contributed by atoms with van der Waals surface area (Å²) in [6, 6.07) is 15.9. The van der Waals surface area contributed by atoms with Gasteiger partial charge in [0.2, 0.25) is 0 Å². The number of carbonyl (C=O) groups is 1. The van der Waals surface area contributed by atoms with Crippen LogP contribution in [0.25, 0.3) is 0 Å². The van der Waals surface area contributed by atoms with Gasteiger partial charge in [-0.05, 0) is 56.2 Å². The van der Waals surface area contributed by atoms with E-state index in [9.17, 15) is 4.79 Å². The van der Waals surface area contributed by atoms with Crippen LogP contribution in [0.2, 0.25) is 0 Å². The number of hydrogen-bond donors (Lipinski definition) is 0. The number of hydrogen-bond acceptors (Lipinski definition) is 3. The fourth-order valence-corrected chi connectivity index (χ4v) is 2.43. The van der Waals surface area contributed by atoms with Gasteiger partial charge in [0, 0.05) is 5.92 Å². The lowest BCUT2D eigenvalue weighted by atomic mass is 9.93. The van der Waals surface area contributed by atoms with Crippen LogP contribution in [0.4, 0.5) is 0 Å². The van der Waals surface area contributed by atoms with Crippen LogP contribution in [0.15, 0.2) is 48.5 Å². The number of esters is 1. The quantitative estimate of drug-likeness (QED) is 0.527. The summed E-state index contributed by atoms with van der Waals surface area (Å²) in [5.74, 6) is 1.36. The van der Waals surface area contributed by atoms with Gasteiger partial charge in [0.25, 0.3) is 0 Å². The third kappa shape index (κ3) is 5.63. The van der Waals surface area contributed by atoms with E-state index >= 15 is 0 Å². The minimum absolute atomic E-state index is 0.132. The summed E-state index contributed by atoms with van der Waals surface area (Å²) >= 11 is 0. The van der Waals surface area contributed by atoms with Crippen molar-refractivity contribution in [3.63, 3.8) is 0 Å². The lowest BCUT2D eigenvalue weighted by Crippen LogP contribution is -2.22. The van der Waals surface area contributed by atoms with Crippen LogP contribution < -0.4 is 9.47 Å². The van der Waals surface area contributed by atoms with E-state index in [-0.39, 0.29) is 23.4 Å². The van der Waals surface area contributed by atoms with E-state index in [0.717, 1.165) is 5.75 Å². The summed E-state index contributed by atoms with van der Waals surface area (Å²) in [4.78, 5) is 11.6. The van der Waals surface area contributed by atoms with Crippen LogP contribution in [-0.2, 0) is 4.79 Å². The molecule has 1 atom stereocenters. The number of carbonyl (C=O) groups excluding carboxylic acids is 1. The molecule has 0 spiro atoms. The van der Waals surface area contributed by atoms with Gasteiger partial charge in [-0.25, -0.2) is 0 Å². The smallest absolute Gasteiger partial charge is 0.313 e. The van der Waals surface area contributed by atoms with Crippen LogP contribution in [-0.4, -0.2) is 11.6 Å². The zero-order valence-electron chi connectivity index (χ0n) is 16.0. The van der Waals surface area contributed by atoms with Crippen molar-refractivity contribution < 1.29 is 14.3 Å². The van der Waals surface area contributed by atoms with Crippen LogP contribution in [0.1, 0.15) is 58.6 Å². The molecule has 2 rings (SSSR count). The zero-order chi connectivity index (χ0) is 18.6. The fraction of sp³-hybridized carbons (Fsp3) is 0.409. The summed E-state index contributed by atoms with van der Waals surface area (Å²) in [5.41, 5.74) is 2.19. The second-order valence-corrected chi connectivity index (χ2v) is 7.65. The third-order valence-electron chi connectivity index (χ3n) is 3.87. The van der Waals surface area contributed by atoms with Gasteiger partial charge in [-0.1, -0.05) is 45.0 Å². The van der Waals surface area contributed by atoms with Gasteiger partial charge >= 0.3 is 5.97 Å². The van der Waals surface area contributed by atoms with Crippen molar-refractivity contribution >= 4 is 5.97 Å². The van der Waals surface area contributed by atoms with Gasteiger partial charge in [-0.15, -0.1) is 0 Å². The Kier molecular flexibility index (Phi) is 5.89. The minimum atomic E-state index is -0.213. The SMILES string of the molecule is CC(C)C(=O)Oc1ccc(C(C)c2ccc(OC(C)(C)C)cc2)cc1. The highest BCUT2D eigenvalue weighted by Crippen LogP contribution is 2.28. The zero-order valence-corrected chi connectivity index (χ0v) is 16.0. The first-order valence-electron chi connectivity index (χ1n) is 8.76. The van der Waals surface area contributed by atoms with Gasteiger partial charge in [-0.3, -0.25) is 4.79 Å². The Hall–Kier alpha value is -2.29. The van der Waals surface area contributed by atoms with Crippen LogP contribution in [0.5, 0.6) is 11.5 Å². The van der Waals surface area contributed by atoms with Crippen LogP contribution in [0.3, 0.4) is 0 Å². The van der Waals surface area contributed by atoms with E-state index < -0.39 is 0 Å². The van der Waals surface area contributed by atoms with Crippen molar-refractivity contribution in [3.05, 3.63) is 59.7 Å². The molecule has 0 aliphatic heterocycles. The van der Waals surface area contributed by atoms with Crippen molar-refractivity contribution in [2.75, 3.05) is 0 Å². The van der Waals surface area contributed by atoms with Crippen LogP contribution >= 0.6 is 0 Å². The molecular weight excluding hydrogens is 312 g/mol. The summed E-state index contributed by atoms with van der Waals surface area (Å²) in [6.07, 6.45) is 0. The molecule has 0 saturated heterocycles. The number of ether oxygens (including phenoxy) is 2. The summed E-state index contributed by atoms with van der Waals surface area (Å²) in [6.45, 7) is 11.9. The summed E-state index contributed by atoms with van der Waals surface area (Å²) in [7, 11) is 0. The normalized spacial score (nSPS) is 12.8. The maximum Gasteiger partial charge on any atom is 0.313 e. The van der Waals surface area contributed by atoms with Gasteiger partial charge in [0.1, 0.15) is 17.1 Å². The minimum Gasteiger partial charge on any atom is -0.488 e. The van der Waals surface area contributed by atoms with Crippen molar-refractivity contribution in [2.45, 2.75) is 53.1 Å². The topological polar surface area (TPSA) is 35.5 Å². The first-order valence-corrected chi connectivity index (χ1v) is 8.76. The Morgan fingerprint density at radius 3 is 1.64 bits per heavy atom. The predicted octanol–water partition coefficient (Wildman–Crippen LogP) is 5.58. The molecule has 0 aliphatic carbocycles. The summed E-state index contributed by atoms with van der Waals surface area (Å²) in [5, 5.41) is 0. The number of rotatable bonds is 5. The monoisotopic (exact) mass is 340 g/mol. The standard InChI is InChI=1S/C22H28O3/c1-15(2)21(23)24-19-11-7-17(8-12-19)16(3)18-9-13-20(14-10-18)25-22(4,5)6/h7-16H,1-6H3. The average Bonchev–Trinajstić information content (AvgIpc) is 2.54. The molecule has 0 aromatic heterocycles. The number of benzene rings is 2. The molecule has 25 heavy (non-hydrogen) atoms. The maximum absolute atomic E-state index is 11.6. The van der Waals surface area contributed by atoms with E-state index in [2.05, 4.69) is 19.1 Å². The Bertz CT molecular complexity index is 692. The molecule has 0 heterocycles. The molecule has 0 N–H and O–H groups in total. The molecule has 0 fully saturated rings. The lowest BCUT2D eigenvalue weighted by molar-refractivity contribution is -0.137. The predicted molar refractivity (Wildman–Crippen MR) is 101 cm³/mol. The van der Waals surface area contributed by atoms with Gasteiger partial charge in [-0.2, -0.15) is 0 Å². The van der Waals surface area contributed by atoms with Crippen molar-refractivity contribution in [1.82, 2.24) is 0 Å². The Morgan fingerprint density at radius 1 is 0.800 bits per heavy atom. The molecule has 3 nitrogen and oxygen atoms in total. The molecule has 0 bridgehead atoms. The molecule has 3 heteroatoms. The summed E-state index contributed by atoms with van der Waals surface area (Å²) < 4.78 is 11.2. The third-order valence-corrected chi connectivity index (χ3v) is 3.87. The molecular formula is C22H28O3. The van der Waals surface area contributed by atoms with E-state index in [1.165, 1.54) is 11.1 Å². The molecule has 0 radical (unpaired) electrons. The largest absolute Gasteiger partial charge is 0.488 e. The van der Waals surface area contributed by atoms with E-state index in [1.54, 1.807) is 0 Å². The van der Waals surface area contributed by atoms with E-state index in [4.69, 9.17) is 9.47 Å². The van der Waals surface area contributed by atoms with E-state index in [0.29, 0.717) is 5.75 Å². The Labute approximate surface area is 151 Å². The molecule has 0 amide bonds. The molecule has 0 saturated carbocycles. The first-order chi connectivity index (χ1) is 11.7. The van der Waals surface area contributed by atoms with Gasteiger partial charge in [0.05, 0.1) is 5.92 Å². The highest BCUT2D eigenvalue weighted by molar-refractivity contribution is 5.74. The Balaban J connectivity index is 2.07. The van der Waals surface area contributed by atoms with Gasteiger partial charge in [0.15, 0.2) is 0 Å². The molecule has 2 aromatic carbocycles. The molecule has 134 valence electrons. The fourth-order valence-electron chi connectivity index (χ4n) is 2.43. The second-order valence-electron chi connectivity index (χ2n) is 7.65.